The van der Waals surface area contributed by atoms with Crippen LogP contribution in [0.2, 0.25) is 0 Å². The molecule has 0 N–H and O–H groups in total. The fraction of sp³-hybridized carbons (Fsp3) is 0. The summed E-state index contributed by atoms with van der Waals surface area (Å²) in [7, 11) is 0. The Morgan fingerprint density at radius 1 is 0.226 bits per heavy atom. The van der Waals surface area contributed by atoms with Gasteiger partial charge in [0.25, 0.3) is 0 Å². The molecule has 0 saturated carbocycles. The molecule has 0 amide bonds. The Morgan fingerprint density at radius 2 is 0.661 bits per heavy atom. The van der Waals surface area contributed by atoms with Crippen LogP contribution < -0.4 is 0 Å². The first kappa shape index (κ1) is 36.7. The second-order valence-electron chi connectivity index (χ2n) is 15.5. The zero-order valence-electron chi connectivity index (χ0n) is 33.7. The summed E-state index contributed by atoms with van der Waals surface area (Å²) in [6.45, 7) is 0. The van der Waals surface area contributed by atoms with E-state index in [4.69, 9.17) is 19.9 Å². The Balaban J connectivity index is 1.01. The van der Waals surface area contributed by atoms with Gasteiger partial charge in [-0.05, 0) is 63.7 Å². The summed E-state index contributed by atoms with van der Waals surface area (Å²) in [5.74, 6) is 0.683. The van der Waals surface area contributed by atoms with Gasteiger partial charge in [-0.15, -0.1) is 0 Å². The second-order valence-corrected chi connectivity index (χ2v) is 15.5. The molecule has 0 atom stereocenters. The van der Waals surface area contributed by atoms with Crippen molar-refractivity contribution in [1.82, 2.24) is 19.9 Å². The SMILES string of the molecule is c1ccc(-c2ccc(-c3nc(-c4ccccc4)cc(-c4cccc(-c5cccc(-c6cc(-c7ccccc7)c7ccc8ccc(-c9ccccc9)nc8c7n6)c5)c4)n3)cc2)cc1. The van der Waals surface area contributed by atoms with Gasteiger partial charge in [0.15, 0.2) is 5.82 Å². The van der Waals surface area contributed by atoms with E-state index in [-0.39, 0.29) is 0 Å². The van der Waals surface area contributed by atoms with Crippen LogP contribution >= 0.6 is 0 Å². The van der Waals surface area contributed by atoms with Crippen LogP contribution in [0.25, 0.3) is 112 Å². The molecule has 0 unspecified atom stereocenters. The zero-order valence-corrected chi connectivity index (χ0v) is 33.7. The fourth-order valence-electron chi connectivity index (χ4n) is 8.29. The van der Waals surface area contributed by atoms with Crippen molar-refractivity contribution in [2.24, 2.45) is 0 Å². The lowest BCUT2D eigenvalue weighted by molar-refractivity contribution is 1.18. The van der Waals surface area contributed by atoms with E-state index in [1.165, 1.54) is 5.56 Å². The summed E-state index contributed by atoms with van der Waals surface area (Å²) in [6, 6.07) is 80.4. The van der Waals surface area contributed by atoms with Gasteiger partial charge < -0.3 is 0 Å². The molecule has 11 aromatic rings. The van der Waals surface area contributed by atoms with Crippen LogP contribution in [-0.4, -0.2) is 19.9 Å². The Bertz CT molecular complexity index is 3370. The Labute approximate surface area is 360 Å². The summed E-state index contributed by atoms with van der Waals surface area (Å²) in [5, 5.41) is 2.12. The fourth-order valence-corrected chi connectivity index (χ4v) is 8.29. The minimum Gasteiger partial charge on any atom is -0.245 e. The molecule has 11 rings (SSSR count). The average molecular weight is 791 g/mol. The molecule has 3 heterocycles. The molecule has 4 heteroatoms. The summed E-state index contributed by atoms with van der Waals surface area (Å²) >= 11 is 0. The highest BCUT2D eigenvalue weighted by molar-refractivity contribution is 6.09. The number of pyridine rings is 2. The third kappa shape index (κ3) is 7.20. The number of benzene rings is 8. The molecule has 8 aromatic carbocycles. The third-order valence-corrected chi connectivity index (χ3v) is 11.5. The lowest BCUT2D eigenvalue weighted by atomic mass is 9.95. The van der Waals surface area contributed by atoms with Gasteiger partial charge in [0.1, 0.15) is 0 Å². The normalized spacial score (nSPS) is 11.2. The number of fused-ring (bicyclic) bond motifs is 3. The molecule has 0 radical (unpaired) electrons. The molecule has 4 nitrogen and oxygen atoms in total. The van der Waals surface area contributed by atoms with Gasteiger partial charge in [-0.25, -0.2) is 19.9 Å². The van der Waals surface area contributed by atoms with Crippen molar-refractivity contribution in [3.63, 3.8) is 0 Å². The van der Waals surface area contributed by atoms with Crippen molar-refractivity contribution in [3.05, 3.63) is 231 Å². The van der Waals surface area contributed by atoms with E-state index in [1.807, 2.05) is 30.3 Å². The first-order valence-corrected chi connectivity index (χ1v) is 20.9. The minimum atomic E-state index is 0.683. The monoisotopic (exact) mass is 790 g/mol. The highest BCUT2D eigenvalue weighted by atomic mass is 14.9. The summed E-state index contributed by atoms with van der Waals surface area (Å²) in [4.78, 5) is 20.9. The Hall–Kier alpha value is -8.34. The van der Waals surface area contributed by atoms with Crippen molar-refractivity contribution < 1.29 is 0 Å². The average Bonchev–Trinajstić information content (AvgIpc) is 3.37. The molecule has 0 spiro atoms. The van der Waals surface area contributed by atoms with E-state index in [0.29, 0.717) is 5.82 Å². The van der Waals surface area contributed by atoms with E-state index in [0.717, 1.165) is 100 Å². The van der Waals surface area contributed by atoms with Gasteiger partial charge in [0.05, 0.1) is 33.8 Å². The molecule has 3 aromatic heterocycles. The second kappa shape index (κ2) is 16.0. The van der Waals surface area contributed by atoms with Crippen molar-refractivity contribution in [3.8, 4) is 89.8 Å². The van der Waals surface area contributed by atoms with Gasteiger partial charge in [0, 0.05) is 38.6 Å². The van der Waals surface area contributed by atoms with Crippen LogP contribution in [0.1, 0.15) is 0 Å². The molecule has 62 heavy (non-hydrogen) atoms. The number of hydrogen-bond acceptors (Lipinski definition) is 4. The highest BCUT2D eigenvalue weighted by Gasteiger charge is 2.16. The van der Waals surface area contributed by atoms with E-state index >= 15 is 0 Å². The first-order valence-electron chi connectivity index (χ1n) is 20.9. The number of hydrogen-bond donors (Lipinski definition) is 0. The summed E-state index contributed by atoms with van der Waals surface area (Å²) in [6.07, 6.45) is 0. The molecule has 0 fully saturated rings. The lowest BCUT2D eigenvalue weighted by Gasteiger charge is -2.14. The summed E-state index contributed by atoms with van der Waals surface area (Å²) < 4.78 is 0. The molecule has 0 aliphatic heterocycles. The standard InChI is InChI=1S/C58H38N4/c1-5-15-39(16-6-1)40-27-29-45(30-28-40)58-61-54(43-21-11-4-12-22-43)38-55(62-58)49-26-14-24-47(36-49)46-23-13-25-48(35-46)53-37-51(41-17-7-2-8-18-41)50-33-31-44-32-34-52(42-19-9-3-10-20-42)59-56(44)57(50)60-53/h1-38H. The van der Waals surface area contributed by atoms with Crippen molar-refractivity contribution >= 4 is 21.8 Å². The largest absolute Gasteiger partial charge is 0.245 e. The van der Waals surface area contributed by atoms with Gasteiger partial charge in [0.2, 0.25) is 0 Å². The van der Waals surface area contributed by atoms with Gasteiger partial charge in [-0.2, -0.15) is 0 Å². The smallest absolute Gasteiger partial charge is 0.160 e. The van der Waals surface area contributed by atoms with E-state index in [1.54, 1.807) is 0 Å². The van der Waals surface area contributed by atoms with E-state index in [2.05, 4.69) is 200 Å². The van der Waals surface area contributed by atoms with E-state index < -0.39 is 0 Å². The van der Waals surface area contributed by atoms with Crippen molar-refractivity contribution in [2.45, 2.75) is 0 Å². The Kier molecular flexibility index (Phi) is 9.49. The molecule has 0 aliphatic carbocycles. The maximum absolute atomic E-state index is 5.41. The van der Waals surface area contributed by atoms with Crippen LogP contribution in [0.4, 0.5) is 0 Å². The van der Waals surface area contributed by atoms with Gasteiger partial charge in [-0.1, -0.05) is 200 Å². The first-order chi connectivity index (χ1) is 30.7. The topological polar surface area (TPSA) is 51.6 Å². The molecule has 290 valence electrons. The maximum atomic E-state index is 5.41. The minimum absolute atomic E-state index is 0.683. The van der Waals surface area contributed by atoms with Crippen LogP contribution in [0.5, 0.6) is 0 Å². The van der Waals surface area contributed by atoms with Crippen LogP contribution in [0.15, 0.2) is 231 Å². The van der Waals surface area contributed by atoms with E-state index in [9.17, 15) is 0 Å². The molecular weight excluding hydrogens is 753 g/mol. The highest BCUT2D eigenvalue weighted by Crippen LogP contribution is 2.38. The number of aromatic nitrogens is 4. The number of rotatable bonds is 8. The van der Waals surface area contributed by atoms with Crippen LogP contribution in [0.3, 0.4) is 0 Å². The van der Waals surface area contributed by atoms with Crippen LogP contribution in [0, 0.1) is 0 Å². The molecule has 0 saturated heterocycles. The summed E-state index contributed by atoms with van der Waals surface area (Å²) in [5.41, 5.74) is 17.2. The predicted octanol–water partition coefficient (Wildman–Crippen LogP) is 14.9. The molecule has 0 bridgehead atoms. The van der Waals surface area contributed by atoms with Gasteiger partial charge in [-0.3, -0.25) is 0 Å². The van der Waals surface area contributed by atoms with Crippen LogP contribution in [-0.2, 0) is 0 Å². The molecular formula is C58H38N4. The zero-order chi connectivity index (χ0) is 41.2. The lowest BCUT2D eigenvalue weighted by Crippen LogP contribution is -1.96. The van der Waals surface area contributed by atoms with Gasteiger partial charge >= 0.3 is 0 Å². The van der Waals surface area contributed by atoms with Crippen molar-refractivity contribution in [1.29, 1.82) is 0 Å². The Morgan fingerprint density at radius 3 is 1.27 bits per heavy atom. The molecule has 0 aliphatic rings. The quantitative estimate of drug-likeness (QED) is 0.144. The number of nitrogens with zero attached hydrogens (tertiary/aromatic N) is 4. The predicted molar refractivity (Wildman–Crippen MR) is 256 cm³/mol. The van der Waals surface area contributed by atoms with Crippen molar-refractivity contribution in [2.75, 3.05) is 0 Å². The maximum Gasteiger partial charge on any atom is 0.160 e. The third-order valence-electron chi connectivity index (χ3n) is 11.5.